The molecule has 4 saturated heterocycles. The predicted octanol–water partition coefficient (Wildman–Crippen LogP) is -46.9. The van der Waals surface area contributed by atoms with Gasteiger partial charge < -0.3 is 97.1 Å². The molecule has 0 aromatic carbocycles. The molecule has 86 heteroatoms. The van der Waals surface area contributed by atoms with Gasteiger partial charge >= 0.3 is 384 Å². The third-order valence-corrected chi connectivity index (χ3v) is 27.8. The minimum Gasteiger partial charge on any atom is -0.726 e. The van der Waals surface area contributed by atoms with Crippen LogP contribution < -0.4 is 384 Å². The van der Waals surface area contributed by atoms with Crippen molar-refractivity contribution in [3.63, 3.8) is 0 Å². The molecule has 730 valence electrons. The SMILES string of the molecule is CC(C)CCC[C@@H](C)[C@H]1CC[C@H]2[C@@H]3CC[C@H]4C[C@@H](O[C@@H]5O[C@H](COS(=O)(=O)[O-])[C@@H](O[C@@H]6O[C@H](COS(=O)(=O)[O-])[C@@H](O[C@@H]7O[C@H](COS(=O)(=O)[O-])[C@@H](O[C@@H]8O[C@H](COS(=O)(=O)[O-])[C@@H](OS(=O)(=O)[O-])[C@H](OS(=O)(=O)[O-])[C@H]8OS(=O)(=O)[O-])[C@H](OS(=O)(=O)[O-])[C@H]7OS(=O)(=O)[O-])[C@H](OS(=O)(=O)[O-])[C@H]6OS(=O)(=O)[O-])[C@H](OS(=O)(=O)[O-])[C@H]5OS(=O)(=O)[O-])CC[C@]4(C)[C@H]3CC[C@]12C.[Na+].[Na+].[Na+].[Na+].[Na+].[Na+].[Na+].[Na+].[Na+].[Na+].[Na+].[Na+].[Na+]. The number of hydrogen-bond donors (Lipinski definition) is 0. The molecule has 0 bridgehead atoms. The summed E-state index contributed by atoms with van der Waals surface area (Å²) in [4.78, 5) is 0. The first-order chi connectivity index (χ1) is 55.9. The van der Waals surface area contributed by atoms with Crippen LogP contribution in [0.3, 0.4) is 0 Å². The van der Waals surface area contributed by atoms with Crippen LogP contribution in [0.25, 0.3) is 0 Å². The Balaban J connectivity index is -0.00000330. The van der Waals surface area contributed by atoms with Gasteiger partial charge in [-0.3, -0.25) is 54.4 Å². The number of rotatable bonds is 43. The van der Waals surface area contributed by atoms with Crippen molar-refractivity contribution in [3.05, 3.63) is 0 Å². The van der Waals surface area contributed by atoms with Gasteiger partial charge in [0.05, 0.1) is 32.5 Å². The molecule has 4 aliphatic heterocycles. The second-order valence-electron chi connectivity index (χ2n) is 30.2. The summed E-state index contributed by atoms with van der Waals surface area (Å²) in [6.07, 6.45) is -67.5. The van der Waals surface area contributed by atoms with Crippen LogP contribution in [0.1, 0.15) is 112 Å². The predicted molar refractivity (Wildman–Crippen MR) is 361 cm³/mol. The average Bonchev–Trinajstić information content (AvgIpc) is 1.64. The summed E-state index contributed by atoms with van der Waals surface area (Å²) in [6.45, 7) is 1.40. The smallest absolute Gasteiger partial charge is 0.726 e. The van der Waals surface area contributed by atoms with E-state index in [1.54, 1.807) is 0 Å². The van der Waals surface area contributed by atoms with Gasteiger partial charge in [-0.25, -0.2) is 109 Å². The number of hydrogen-bond acceptors (Lipinski definition) is 60. The van der Waals surface area contributed by atoms with E-state index in [1.165, 1.54) is 0 Å². The fourth-order valence-electron chi connectivity index (χ4n) is 17.8. The number of ether oxygens (including phenoxy) is 8. The second kappa shape index (κ2) is 63.6. The van der Waals surface area contributed by atoms with Crippen LogP contribution >= 0.6 is 0 Å². The number of fused-ring (bicyclic) bond motifs is 5. The third-order valence-electron chi connectivity index (χ3n) is 22.0. The van der Waals surface area contributed by atoms with Gasteiger partial charge in [-0.05, 0) is 110 Å². The molecular formula is C51H75Na13O60S13. The molecular weight excluding hydrogens is 2290 g/mol. The Morgan fingerprint density at radius 1 is 0.277 bits per heavy atom. The Bertz CT molecular complexity index is 5380. The quantitative estimate of drug-likeness (QED) is 0.0237. The minimum absolute atomic E-state index is 0. The first-order valence-electron chi connectivity index (χ1n) is 35.4. The molecule has 8 rings (SSSR count). The Kier molecular flexibility index (Phi) is 73.6. The van der Waals surface area contributed by atoms with Crippen LogP contribution in [0.5, 0.6) is 0 Å². The van der Waals surface area contributed by atoms with Crippen LogP contribution in [0.15, 0.2) is 0 Å². The van der Waals surface area contributed by atoms with Crippen LogP contribution in [-0.2, 0) is 227 Å². The molecule has 8 fully saturated rings. The molecule has 29 atom stereocenters. The zero-order valence-electron chi connectivity index (χ0n) is 76.3. The Morgan fingerprint density at radius 2 is 0.526 bits per heavy atom. The van der Waals surface area contributed by atoms with Gasteiger partial charge in [-0.1, -0.05) is 53.9 Å². The summed E-state index contributed by atoms with van der Waals surface area (Å²) >= 11 is 0. The normalized spacial score (nSPS) is 33.6. The Morgan fingerprint density at radius 3 is 0.803 bits per heavy atom. The maximum Gasteiger partial charge on any atom is 1.00 e. The molecule has 60 nitrogen and oxygen atoms in total. The second-order valence-corrected chi connectivity index (χ2v) is 43.5. The molecule has 0 amide bonds. The van der Waals surface area contributed by atoms with E-state index in [1.807, 2.05) is 6.92 Å². The first kappa shape index (κ1) is 159. The standard InChI is InChI=1S/C51H88O60S13.13Na/c1-22(2)7-6-8-23(3)27-11-12-28-26-10-9-24-17-25(13-15-50(24,4)29(26)14-16-51(27,28)5)95-46-42(108-121(79,80)81)38(104-117(67,68)69)34(30(96-46)18-91-112(52,53)54)100-47-43(109-122(82,83)84)39(105-118(70,71)72)35(31(97-47)19-92-113(55,56)57)101-48-44(110-123(85,86)87)40(106-119(73,74)75)36(32(98-48)20-93-114(58,59)60)102-49-45(111-124(88,89)90)41(107-120(76,77)78)37(103-116(64,65)66)33(99-49)21-94-115(61,62)63;;;;;;;;;;;;;/h22-49H,6-21H2,1-5H3,(H,52,53,54)(H,55,56,57)(H,58,59,60)(H,61,62,63)(H,64,65,66)(H,67,68,69)(H,70,71,72)(H,73,74,75)(H,76,77,78)(H,79,80,81)(H,82,83,84)(H,85,86,87)(H,88,89,90);;;;;;;;;;;;;/q;13*+1/p-13/t23-,24+,25+,26+,27-,28+,29+,30-,31-,32-,33-,34-,35-,36-,37-,38+,39+,40+,41+,42-,43-,44-,45-,46-,47+,48+,49+,50+,51-;;;;;;;;;;;;;/m1............./s1. The van der Waals surface area contributed by atoms with Crippen molar-refractivity contribution in [1.29, 1.82) is 0 Å². The van der Waals surface area contributed by atoms with Crippen molar-refractivity contribution in [2.45, 2.75) is 241 Å². The fraction of sp³-hybridized carbons (Fsp3) is 1.00. The summed E-state index contributed by atoms with van der Waals surface area (Å²) in [6, 6.07) is 0. The summed E-state index contributed by atoms with van der Waals surface area (Å²) in [7, 11) is -87.9. The van der Waals surface area contributed by atoms with Crippen LogP contribution in [0.4, 0.5) is 0 Å². The van der Waals surface area contributed by atoms with Crippen molar-refractivity contribution >= 4 is 135 Å². The third kappa shape index (κ3) is 51.9. The molecule has 0 spiro atoms. The Hall–Kier alpha value is 11.0. The molecule has 4 aliphatic carbocycles. The van der Waals surface area contributed by atoms with E-state index in [9.17, 15) is 169 Å². The van der Waals surface area contributed by atoms with E-state index >= 15 is 0 Å². The monoisotopic (exact) mass is 2360 g/mol. The summed E-state index contributed by atoms with van der Waals surface area (Å²) in [5.41, 5.74) is -0.500. The molecule has 0 radical (unpaired) electrons. The Labute approximate surface area is 1080 Å². The topological polar surface area (TPSA) is 937 Å². The van der Waals surface area contributed by atoms with E-state index in [2.05, 4.69) is 82.1 Å². The molecule has 4 saturated carbocycles. The van der Waals surface area contributed by atoms with E-state index in [0.717, 1.165) is 44.9 Å². The van der Waals surface area contributed by atoms with Crippen molar-refractivity contribution in [3.8, 4) is 0 Å². The molecule has 0 unspecified atom stereocenters. The molecule has 8 aliphatic rings. The zero-order valence-corrected chi connectivity index (χ0v) is 113. The van der Waals surface area contributed by atoms with E-state index in [0.29, 0.717) is 36.5 Å². The van der Waals surface area contributed by atoms with Crippen LogP contribution in [-0.4, -0.2) is 324 Å². The van der Waals surface area contributed by atoms with Gasteiger partial charge in [-0.15, -0.1) is 0 Å². The summed E-state index contributed by atoms with van der Waals surface area (Å²) in [5.74, 6) is 1.67. The zero-order chi connectivity index (χ0) is 93.8. The van der Waals surface area contributed by atoms with E-state index < -0.39 is 296 Å². The molecule has 0 aromatic heterocycles. The summed E-state index contributed by atoms with van der Waals surface area (Å²) in [5, 5.41) is 0. The minimum atomic E-state index is -7.13. The van der Waals surface area contributed by atoms with Crippen molar-refractivity contribution in [1.82, 2.24) is 0 Å². The molecule has 0 N–H and O–H groups in total. The average molecular weight is 2360 g/mol. The van der Waals surface area contributed by atoms with Crippen molar-refractivity contribution in [2.75, 3.05) is 26.4 Å². The van der Waals surface area contributed by atoms with Gasteiger partial charge in [0, 0.05) is 0 Å². The van der Waals surface area contributed by atoms with E-state index in [-0.39, 0.29) is 427 Å². The van der Waals surface area contributed by atoms with E-state index in [4.69, 9.17) is 37.9 Å². The fourth-order valence-corrected chi connectivity index (χ4v) is 23.4. The van der Waals surface area contributed by atoms with Gasteiger partial charge in [0.1, 0.15) is 73.2 Å². The summed E-state index contributed by atoms with van der Waals surface area (Å²) < 4.78 is 585. The van der Waals surface area contributed by atoms with Crippen molar-refractivity contribution < 1.29 is 645 Å². The largest absolute Gasteiger partial charge is 1.00 e. The first-order valence-corrected chi connectivity index (χ1v) is 52.7. The molecule has 137 heavy (non-hydrogen) atoms. The van der Waals surface area contributed by atoms with Gasteiger partial charge in [0.15, 0.2) is 49.6 Å². The molecule has 0 aromatic rings. The van der Waals surface area contributed by atoms with Crippen LogP contribution in [0, 0.1) is 52.3 Å². The van der Waals surface area contributed by atoms with Gasteiger partial charge in [-0.2, -0.15) is 0 Å². The van der Waals surface area contributed by atoms with Gasteiger partial charge in [0.25, 0.3) is 0 Å². The van der Waals surface area contributed by atoms with Crippen molar-refractivity contribution in [2.24, 2.45) is 52.3 Å². The van der Waals surface area contributed by atoms with Gasteiger partial charge in [0.2, 0.25) is 135 Å². The van der Waals surface area contributed by atoms with Crippen LogP contribution in [0.2, 0.25) is 0 Å². The molecule has 4 heterocycles. The maximum atomic E-state index is 13.0. The maximum absolute atomic E-state index is 13.0.